The molecule has 80 heavy (non-hydrogen) atoms. The van der Waals surface area contributed by atoms with Crippen LogP contribution in [0.25, 0.3) is 0 Å². The van der Waals surface area contributed by atoms with Crippen LogP contribution < -0.4 is 21.3 Å². The number of carboxylic acid groups (broad SMARTS) is 2. The van der Waals surface area contributed by atoms with Gasteiger partial charge < -0.3 is 151 Å². The van der Waals surface area contributed by atoms with Crippen molar-refractivity contribution in [2.24, 2.45) is 0 Å². The van der Waals surface area contributed by atoms with Crippen LogP contribution >= 0.6 is 0 Å². The van der Waals surface area contributed by atoms with Crippen LogP contribution in [0.4, 0.5) is 0 Å². The quantitative estimate of drug-likeness (QED) is 0.0452. The molecule has 0 aromatic carbocycles. The Balaban J connectivity index is 1.48. The lowest BCUT2D eigenvalue weighted by Crippen LogP contribution is -2.72. The molecule has 0 spiro atoms. The van der Waals surface area contributed by atoms with E-state index < -0.39 is 246 Å². The Bertz CT molecular complexity index is 2120. The third kappa shape index (κ3) is 14.8. The van der Waals surface area contributed by atoms with Crippen LogP contribution in [0, 0.1) is 0 Å². The van der Waals surface area contributed by atoms with E-state index in [9.17, 15) is 116 Å². The zero-order valence-corrected chi connectivity index (χ0v) is 43.1. The standard InChI is InChI=1S/C44H72N4O32/c1-12(53)45-23-16(57)5-43(41(68)69,78-35(23)27(61)18(59)7-49)72-11-22-31(65)33(25(38(67)73-22)47-14(3)55)76-39-26(48-15(4)56)34(29(63)20(9-51)74-39)77-40-32(66)37(30(64)21(10-52)75-40)80-44(42(70)71)6-17(58)24(46-13(2)54)36(79-44)28(62)19(60)8-50/h16-40,49-52,57-67H,5-11H2,1-4H3,(H,45,53)(H,46,54)(H,47,55)(H,48,56)(H,68,69)(H,70,71)/t16-,17-,18+,19+,20+,21+,22+,23+,24+,25+,26+,27+,28+,29+,30-,31-,32+,33+,34+,35+,36+,37-,38?,39-,40-,43+,44-/m0/s1. The zero-order chi connectivity index (χ0) is 60.0. The highest BCUT2D eigenvalue weighted by Gasteiger charge is 2.62. The van der Waals surface area contributed by atoms with Gasteiger partial charge in [-0.3, -0.25) is 19.2 Å². The van der Waals surface area contributed by atoms with E-state index >= 15 is 0 Å². The van der Waals surface area contributed by atoms with E-state index in [4.69, 9.17) is 42.6 Å². The van der Waals surface area contributed by atoms with Gasteiger partial charge in [-0.05, 0) is 0 Å². The molecule has 36 nitrogen and oxygen atoms in total. The van der Waals surface area contributed by atoms with Crippen LogP contribution in [0.3, 0.4) is 0 Å². The number of carbonyl (C=O) groups is 6. The Morgan fingerprint density at radius 1 is 0.512 bits per heavy atom. The summed E-state index contributed by atoms with van der Waals surface area (Å²) in [5.41, 5.74) is 0. The highest BCUT2D eigenvalue weighted by atomic mass is 16.8. The minimum Gasteiger partial charge on any atom is -0.477 e. The Labute approximate surface area is 452 Å². The number of aliphatic hydroxyl groups excluding tert-OH is 15. The normalized spacial score (nSPS) is 42.0. The maximum absolute atomic E-state index is 13.1. The number of rotatable bonds is 23. The fourth-order valence-electron chi connectivity index (χ4n) is 9.93. The van der Waals surface area contributed by atoms with Crippen molar-refractivity contribution in [3.05, 3.63) is 0 Å². The maximum atomic E-state index is 13.1. The summed E-state index contributed by atoms with van der Waals surface area (Å²) in [6.45, 7) is -1.88. The summed E-state index contributed by atoms with van der Waals surface area (Å²) < 4.78 is 51.6. The van der Waals surface area contributed by atoms with Gasteiger partial charge in [0.1, 0.15) is 110 Å². The predicted octanol–water partition coefficient (Wildman–Crippen LogP) is -12.9. The Kier molecular flexibility index (Phi) is 23.3. The summed E-state index contributed by atoms with van der Waals surface area (Å²) in [5, 5.41) is 193. The lowest BCUT2D eigenvalue weighted by atomic mass is 9.88. The van der Waals surface area contributed by atoms with Gasteiger partial charge in [0, 0.05) is 40.5 Å². The van der Waals surface area contributed by atoms with Gasteiger partial charge in [0.25, 0.3) is 11.6 Å². The van der Waals surface area contributed by atoms with Crippen molar-refractivity contribution in [3.8, 4) is 0 Å². The molecule has 5 aliphatic heterocycles. The number of hydrogen-bond donors (Lipinski definition) is 21. The molecule has 21 N–H and O–H groups in total. The van der Waals surface area contributed by atoms with Crippen LogP contribution in [0.5, 0.6) is 0 Å². The summed E-state index contributed by atoms with van der Waals surface area (Å²) in [5.74, 6) is -13.9. The summed E-state index contributed by atoms with van der Waals surface area (Å²) in [6.07, 6.45) is -46.9. The third-order valence-electron chi connectivity index (χ3n) is 13.9. The second-order valence-corrected chi connectivity index (χ2v) is 19.8. The molecule has 4 amide bonds. The number of hydrogen-bond acceptors (Lipinski definition) is 30. The first kappa shape index (κ1) is 66.7. The SMILES string of the molecule is CC(=O)N[C@H]1[C@H](O[C@H]2[C@@H](O)[C@@H](CO[C@]3(C(=O)O)C[C@H](O)[C@@H](NC(C)=O)[C@H]([C@H](O)[C@H](O)CO)O3)OC(O)[C@@H]2NC(C)=O)O[C@H](CO)[C@@H](O)[C@@H]1O[C@@H]1O[C@H](CO)[C@H](O)[C@H](O[C@]2(C(=O)O)C[C@H](O)[C@@H](NC(C)=O)[C@H]([C@H](O)[C@H](O)CO)O2)[C@H]1O. The molecule has 5 saturated heterocycles. The predicted molar refractivity (Wildman–Crippen MR) is 247 cm³/mol. The topological polar surface area (TPSA) is 578 Å². The first-order chi connectivity index (χ1) is 37.4. The molecule has 5 aliphatic rings. The van der Waals surface area contributed by atoms with Crippen molar-refractivity contribution in [3.63, 3.8) is 0 Å². The second-order valence-electron chi connectivity index (χ2n) is 19.8. The van der Waals surface area contributed by atoms with Crippen molar-refractivity contribution >= 4 is 35.6 Å². The average molecular weight is 1170 g/mol. The first-order valence-corrected chi connectivity index (χ1v) is 24.8. The highest BCUT2D eigenvalue weighted by molar-refractivity contribution is 5.77. The minimum atomic E-state index is -3.24. The van der Waals surface area contributed by atoms with Crippen LogP contribution in [0.2, 0.25) is 0 Å². The summed E-state index contributed by atoms with van der Waals surface area (Å²) in [7, 11) is 0. The van der Waals surface area contributed by atoms with E-state index in [1.165, 1.54) is 0 Å². The average Bonchev–Trinajstić information content (AvgIpc) is 3.60. The lowest BCUT2D eigenvalue weighted by Gasteiger charge is -2.51. The van der Waals surface area contributed by atoms with Gasteiger partial charge in [0.15, 0.2) is 18.9 Å². The molecule has 27 atom stereocenters. The van der Waals surface area contributed by atoms with Crippen molar-refractivity contribution in [2.75, 3.05) is 33.0 Å². The molecule has 0 saturated carbocycles. The van der Waals surface area contributed by atoms with Gasteiger partial charge in [-0.2, -0.15) is 0 Å². The van der Waals surface area contributed by atoms with E-state index in [1.807, 2.05) is 0 Å². The molecule has 5 fully saturated rings. The van der Waals surface area contributed by atoms with Gasteiger partial charge in [0.05, 0.1) is 57.3 Å². The van der Waals surface area contributed by atoms with Crippen LogP contribution in [-0.4, -0.2) is 320 Å². The van der Waals surface area contributed by atoms with Gasteiger partial charge in [0.2, 0.25) is 23.6 Å². The van der Waals surface area contributed by atoms with Gasteiger partial charge >= 0.3 is 11.9 Å². The molecule has 0 radical (unpaired) electrons. The minimum absolute atomic E-state index is 0.808. The van der Waals surface area contributed by atoms with Gasteiger partial charge in [-0.15, -0.1) is 0 Å². The van der Waals surface area contributed by atoms with Crippen molar-refractivity contribution < 1.29 is 158 Å². The van der Waals surface area contributed by atoms with Crippen molar-refractivity contribution in [1.82, 2.24) is 21.3 Å². The molecule has 0 aliphatic carbocycles. The second kappa shape index (κ2) is 28.0. The molecule has 0 bridgehead atoms. The largest absolute Gasteiger partial charge is 0.477 e. The molecule has 1 unspecified atom stereocenters. The molecule has 5 heterocycles. The first-order valence-electron chi connectivity index (χ1n) is 24.8. The maximum Gasteiger partial charge on any atom is 0.364 e. The lowest BCUT2D eigenvalue weighted by molar-refractivity contribution is -0.384. The molecule has 0 aromatic heterocycles. The number of aliphatic hydroxyl groups is 15. The molecule has 5 rings (SSSR count). The Morgan fingerprint density at radius 2 is 0.900 bits per heavy atom. The van der Waals surface area contributed by atoms with Crippen LogP contribution in [-0.2, 0) is 71.4 Å². The van der Waals surface area contributed by atoms with E-state index in [-0.39, 0.29) is 0 Å². The smallest absolute Gasteiger partial charge is 0.364 e. The van der Waals surface area contributed by atoms with Crippen molar-refractivity contribution in [2.45, 2.75) is 205 Å². The van der Waals surface area contributed by atoms with E-state index in [0.29, 0.717) is 0 Å². The summed E-state index contributed by atoms with van der Waals surface area (Å²) in [4.78, 5) is 75.5. The number of amides is 4. The molecule has 460 valence electrons. The molecule has 36 heteroatoms. The van der Waals surface area contributed by atoms with E-state index in [1.54, 1.807) is 0 Å². The monoisotopic (exact) mass is 1170 g/mol. The Hall–Kier alpha value is -4.14. The van der Waals surface area contributed by atoms with Crippen molar-refractivity contribution in [1.29, 1.82) is 0 Å². The van der Waals surface area contributed by atoms with Crippen LogP contribution in [0.15, 0.2) is 0 Å². The Morgan fingerprint density at radius 3 is 1.35 bits per heavy atom. The zero-order valence-electron chi connectivity index (χ0n) is 43.1. The van der Waals surface area contributed by atoms with Gasteiger partial charge in [-0.25, -0.2) is 9.59 Å². The molecule has 0 aromatic rings. The number of ether oxygens (including phenoxy) is 9. The number of aliphatic carboxylic acids is 2. The van der Waals surface area contributed by atoms with Crippen LogP contribution in [0.1, 0.15) is 40.5 Å². The highest BCUT2D eigenvalue weighted by Crippen LogP contribution is 2.40. The molecular weight excluding hydrogens is 1100 g/mol. The fraction of sp³-hybridized carbons (Fsp3) is 0.864. The number of carbonyl (C=O) groups excluding carboxylic acids is 4. The summed E-state index contributed by atoms with van der Waals surface area (Å²) in [6, 6.07) is -7.11. The number of carboxylic acids is 2. The van der Waals surface area contributed by atoms with Gasteiger partial charge in [-0.1, -0.05) is 0 Å². The third-order valence-corrected chi connectivity index (χ3v) is 13.9. The summed E-state index contributed by atoms with van der Waals surface area (Å²) >= 11 is 0. The van der Waals surface area contributed by atoms with E-state index in [2.05, 4.69) is 21.3 Å². The fourth-order valence-corrected chi connectivity index (χ4v) is 9.93. The number of nitrogens with one attached hydrogen (secondary N) is 4. The molecular formula is C44H72N4O32. The van der Waals surface area contributed by atoms with E-state index in [0.717, 1.165) is 27.7 Å².